The Labute approximate surface area is 261 Å². The molecule has 1 heterocycles. The summed E-state index contributed by atoms with van der Waals surface area (Å²) < 4.78 is 16.0. The SMILES string of the molecule is CC(=O)Nc1ccc(NC(=O)c2c(-c3ccccc3)c(-c3ccc(F)cc3)n(CC[C@@H](O)C[C@@H](O)CC(=O)O)c2C(C)C)cc1. The highest BCUT2D eigenvalue weighted by atomic mass is 19.1. The minimum absolute atomic E-state index is 0.121. The van der Waals surface area contributed by atoms with Crippen molar-refractivity contribution in [3.63, 3.8) is 0 Å². The summed E-state index contributed by atoms with van der Waals surface area (Å²) in [7, 11) is 0. The lowest BCUT2D eigenvalue weighted by Crippen LogP contribution is -2.22. The van der Waals surface area contributed by atoms with Gasteiger partial charge in [0.1, 0.15) is 5.82 Å². The van der Waals surface area contributed by atoms with Gasteiger partial charge in [0.05, 0.1) is 29.9 Å². The third kappa shape index (κ3) is 8.43. The predicted molar refractivity (Wildman–Crippen MR) is 172 cm³/mol. The van der Waals surface area contributed by atoms with Crippen molar-refractivity contribution >= 4 is 29.2 Å². The number of aliphatic hydroxyl groups is 2. The van der Waals surface area contributed by atoms with Crippen LogP contribution in [-0.2, 0) is 16.1 Å². The minimum atomic E-state index is -1.21. The van der Waals surface area contributed by atoms with Crippen molar-refractivity contribution in [1.82, 2.24) is 4.57 Å². The monoisotopic (exact) mass is 615 g/mol. The molecular formula is C35H38FN3O6. The number of halogens is 1. The van der Waals surface area contributed by atoms with E-state index in [0.29, 0.717) is 39.5 Å². The Morgan fingerprint density at radius 1 is 0.822 bits per heavy atom. The van der Waals surface area contributed by atoms with Crippen LogP contribution in [0.3, 0.4) is 0 Å². The molecule has 2 amide bonds. The first kappa shape index (κ1) is 33.1. The van der Waals surface area contributed by atoms with Crippen molar-refractivity contribution in [1.29, 1.82) is 0 Å². The number of carbonyl (C=O) groups is 3. The molecule has 0 spiro atoms. The highest BCUT2D eigenvalue weighted by Gasteiger charge is 2.31. The number of amides is 2. The number of hydrogen-bond donors (Lipinski definition) is 5. The molecule has 0 fully saturated rings. The molecule has 0 aliphatic heterocycles. The Balaban J connectivity index is 1.86. The van der Waals surface area contributed by atoms with E-state index in [-0.39, 0.29) is 37.1 Å². The van der Waals surface area contributed by atoms with Crippen LogP contribution in [0.25, 0.3) is 22.4 Å². The van der Waals surface area contributed by atoms with Crippen LogP contribution >= 0.6 is 0 Å². The number of aliphatic carboxylic acids is 1. The Morgan fingerprint density at radius 3 is 1.98 bits per heavy atom. The molecule has 5 N–H and O–H groups in total. The maximum atomic E-state index is 14.2. The van der Waals surface area contributed by atoms with Crippen LogP contribution in [0.5, 0.6) is 0 Å². The second-order valence-corrected chi connectivity index (χ2v) is 11.3. The van der Waals surface area contributed by atoms with Gasteiger partial charge in [0.15, 0.2) is 0 Å². The standard InChI is InChI=1S/C35H38FN3O6/c1-21(2)33-32(35(45)38-27-15-13-26(14-16-27)37-22(3)40)31(23-7-5-4-6-8-23)34(24-9-11-25(36)12-10-24)39(33)18-17-28(41)19-29(42)20-30(43)44/h4-16,21,28-29,41-42H,17-20H2,1-3H3,(H,37,40)(H,38,45)(H,43,44)/t28-,29-/m1/s1. The van der Waals surface area contributed by atoms with Crippen molar-refractivity contribution in [2.45, 2.75) is 64.7 Å². The molecule has 4 rings (SSSR count). The molecule has 0 radical (unpaired) electrons. The first-order chi connectivity index (χ1) is 21.4. The van der Waals surface area contributed by atoms with Gasteiger partial charge < -0.3 is 30.5 Å². The van der Waals surface area contributed by atoms with E-state index in [1.54, 1.807) is 36.4 Å². The average molecular weight is 616 g/mol. The third-order valence-corrected chi connectivity index (χ3v) is 7.36. The van der Waals surface area contributed by atoms with Crippen LogP contribution < -0.4 is 10.6 Å². The van der Waals surface area contributed by atoms with Crippen LogP contribution in [0, 0.1) is 5.82 Å². The number of carbonyl (C=O) groups excluding carboxylic acids is 2. The van der Waals surface area contributed by atoms with Crippen LogP contribution in [0.4, 0.5) is 15.8 Å². The summed E-state index contributed by atoms with van der Waals surface area (Å²) >= 11 is 0. The summed E-state index contributed by atoms with van der Waals surface area (Å²) in [5.41, 5.74) is 4.94. The van der Waals surface area contributed by atoms with Crippen molar-refractivity contribution in [2.75, 3.05) is 10.6 Å². The van der Waals surface area contributed by atoms with E-state index in [1.807, 2.05) is 48.7 Å². The second-order valence-electron chi connectivity index (χ2n) is 11.3. The zero-order chi connectivity index (χ0) is 32.7. The normalized spacial score (nSPS) is 12.5. The molecule has 0 aliphatic rings. The number of nitrogens with zero attached hydrogens (tertiary/aromatic N) is 1. The fraction of sp³-hybridized carbons (Fsp3) is 0.286. The fourth-order valence-electron chi connectivity index (χ4n) is 5.52. The molecule has 0 aliphatic carbocycles. The Hall–Kier alpha value is -4.80. The van der Waals surface area contributed by atoms with E-state index in [2.05, 4.69) is 10.6 Å². The Kier molecular flexibility index (Phi) is 10.9. The number of carboxylic acid groups (broad SMARTS) is 1. The maximum Gasteiger partial charge on any atom is 0.305 e. The number of benzene rings is 3. The maximum absolute atomic E-state index is 14.2. The molecule has 1 aromatic heterocycles. The number of rotatable bonds is 13. The van der Waals surface area contributed by atoms with Gasteiger partial charge in [-0.15, -0.1) is 0 Å². The van der Waals surface area contributed by atoms with Crippen molar-refractivity contribution in [3.8, 4) is 22.4 Å². The third-order valence-electron chi connectivity index (χ3n) is 7.36. The summed E-state index contributed by atoms with van der Waals surface area (Å²) in [6, 6.07) is 22.2. The van der Waals surface area contributed by atoms with Crippen LogP contribution in [0.1, 0.15) is 62.0 Å². The van der Waals surface area contributed by atoms with Crippen molar-refractivity contribution in [2.24, 2.45) is 0 Å². The lowest BCUT2D eigenvalue weighted by molar-refractivity contribution is -0.139. The highest BCUT2D eigenvalue weighted by Crippen LogP contribution is 2.42. The molecule has 45 heavy (non-hydrogen) atoms. The summed E-state index contributed by atoms with van der Waals surface area (Å²) in [5, 5.41) is 35.6. The van der Waals surface area contributed by atoms with Crippen LogP contribution in [-0.4, -0.2) is 49.9 Å². The van der Waals surface area contributed by atoms with Crippen molar-refractivity contribution in [3.05, 3.63) is 95.9 Å². The number of anilines is 2. The Bertz CT molecular complexity index is 1630. The zero-order valence-corrected chi connectivity index (χ0v) is 25.5. The summed E-state index contributed by atoms with van der Waals surface area (Å²) in [4.78, 5) is 36.7. The predicted octanol–water partition coefficient (Wildman–Crippen LogP) is 6.27. The Morgan fingerprint density at radius 2 is 1.42 bits per heavy atom. The van der Waals surface area contributed by atoms with E-state index in [9.17, 15) is 29.0 Å². The molecule has 10 heteroatoms. The molecular weight excluding hydrogens is 577 g/mol. The first-order valence-corrected chi connectivity index (χ1v) is 14.8. The van der Waals surface area contributed by atoms with Crippen LogP contribution in [0.15, 0.2) is 78.9 Å². The lowest BCUT2D eigenvalue weighted by atomic mass is 9.94. The van der Waals surface area contributed by atoms with Crippen LogP contribution in [0.2, 0.25) is 0 Å². The van der Waals surface area contributed by atoms with Gasteiger partial charge in [-0.25, -0.2) is 4.39 Å². The van der Waals surface area contributed by atoms with Gasteiger partial charge in [-0.1, -0.05) is 44.2 Å². The number of aromatic nitrogens is 1. The van der Waals surface area contributed by atoms with Gasteiger partial charge in [-0.2, -0.15) is 0 Å². The zero-order valence-electron chi connectivity index (χ0n) is 25.5. The molecule has 236 valence electrons. The van der Waals surface area contributed by atoms with Gasteiger partial charge in [-0.3, -0.25) is 14.4 Å². The van der Waals surface area contributed by atoms with Gasteiger partial charge in [0.25, 0.3) is 5.91 Å². The number of carboxylic acids is 1. The molecule has 3 aromatic carbocycles. The molecule has 0 bridgehead atoms. The van der Waals surface area contributed by atoms with Gasteiger partial charge in [0, 0.05) is 36.1 Å². The van der Waals surface area contributed by atoms with E-state index in [4.69, 9.17) is 5.11 Å². The quantitative estimate of drug-likeness (QED) is 0.120. The molecule has 2 atom stereocenters. The van der Waals surface area contributed by atoms with Gasteiger partial charge in [-0.05, 0) is 78.4 Å². The topological polar surface area (TPSA) is 141 Å². The molecule has 0 saturated carbocycles. The first-order valence-electron chi connectivity index (χ1n) is 14.8. The fourth-order valence-corrected chi connectivity index (χ4v) is 5.52. The number of nitrogens with one attached hydrogen (secondary N) is 2. The highest BCUT2D eigenvalue weighted by molar-refractivity contribution is 6.12. The number of hydrogen-bond acceptors (Lipinski definition) is 5. The van der Waals surface area contributed by atoms with Crippen molar-refractivity contribution < 1.29 is 34.1 Å². The van der Waals surface area contributed by atoms with E-state index in [0.717, 1.165) is 5.56 Å². The molecule has 9 nitrogen and oxygen atoms in total. The summed E-state index contributed by atoms with van der Waals surface area (Å²) in [6.45, 7) is 5.57. The molecule has 4 aromatic rings. The van der Waals surface area contributed by atoms with E-state index in [1.165, 1.54) is 19.1 Å². The molecule has 0 unspecified atom stereocenters. The average Bonchev–Trinajstić information content (AvgIpc) is 3.33. The van der Waals surface area contributed by atoms with E-state index >= 15 is 0 Å². The summed E-state index contributed by atoms with van der Waals surface area (Å²) in [6.07, 6.45) is -2.65. The second kappa shape index (κ2) is 14.8. The molecule has 0 saturated heterocycles. The van der Waals surface area contributed by atoms with E-state index < -0.39 is 30.4 Å². The van der Waals surface area contributed by atoms with Gasteiger partial charge in [0.2, 0.25) is 5.91 Å². The lowest BCUT2D eigenvalue weighted by Gasteiger charge is -2.20. The van der Waals surface area contributed by atoms with Gasteiger partial charge >= 0.3 is 5.97 Å². The number of aliphatic hydroxyl groups excluding tert-OH is 2. The summed E-state index contributed by atoms with van der Waals surface area (Å²) in [5.74, 6) is -2.32. The largest absolute Gasteiger partial charge is 0.481 e. The smallest absolute Gasteiger partial charge is 0.305 e. The minimum Gasteiger partial charge on any atom is -0.481 e.